The molecule has 0 atom stereocenters. The molecule has 0 aliphatic heterocycles. The van der Waals surface area contributed by atoms with Crippen LogP contribution in [0, 0.1) is 19.3 Å². The summed E-state index contributed by atoms with van der Waals surface area (Å²) in [6, 6.07) is 20.2. The summed E-state index contributed by atoms with van der Waals surface area (Å²) in [5, 5.41) is 2.24. The van der Waals surface area contributed by atoms with Crippen LogP contribution in [0.4, 0.5) is 5.69 Å². The Labute approximate surface area is 136 Å². The lowest BCUT2D eigenvalue weighted by molar-refractivity contribution is 0.370. The molecule has 112 valence electrons. The van der Waals surface area contributed by atoms with Gasteiger partial charge in [0.25, 0.3) is 0 Å². The third kappa shape index (κ3) is 3.41. The first-order chi connectivity index (χ1) is 11.3. The molecule has 0 fully saturated rings. The molecule has 3 aromatic carbocycles. The van der Waals surface area contributed by atoms with Crippen molar-refractivity contribution in [1.29, 1.82) is 0 Å². The van der Waals surface area contributed by atoms with E-state index in [1.807, 2.05) is 54.7 Å². The Bertz CT molecular complexity index is 886. The molecule has 0 aliphatic rings. The summed E-state index contributed by atoms with van der Waals surface area (Å²) < 4.78 is 5.67. The van der Waals surface area contributed by atoms with Crippen LogP contribution in [0.15, 0.2) is 65.7 Å². The Balaban J connectivity index is 2.05. The topological polar surface area (TPSA) is 21.6 Å². The first-order valence-corrected chi connectivity index (χ1v) is 7.46. The van der Waals surface area contributed by atoms with Gasteiger partial charge >= 0.3 is 0 Å². The standard InChI is InChI=1S/C21H17NO/c1-3-14-23-21-13-10-17-6-4-5-7-19(17)20(21)15-22-18-11-8-16(2)9-12-18/h1,4-13,15H,14H2,2H3. The molecule has 0 unspecified atom stereocenters. The van der Waals surface area contributed by atoms with Gasteiger partial charge in [0, 0.05) is 11.8 Å². The van der Waals surface area contributed by atoms with Gasteiger partial charge in [0.2, 0.25) is 0 Å². The van der Waals surface area contributed by atoms with Crippen LogP contribution >= 0.6 is 0 Å². The van der Waals surface area contributed by atoms with Crippen molar-refractivity contribution in [1.82, 2.24) is 0 Å². The SMILES string of the molecule is C#CCOc1ccc2ccccc2c1C=Nc1ccc(C)cc1. The van der Waals surface area contributed by atoms with Crippen LogP contribution in [0.3, 0.4) is 0 Å². The fourth-order valence-electron chi connectivity index (χ4n) is 2.42. The van der Waals surface area contributed by atoms with E-state index in [0.717, 1.165) is 27.8 Å². The molecule has 0 saturated carbocycles. The maximum Gasteiger partial charge on any atom is 0.148 e. The van der Waals surface area contributed by atoms with Gasteiger partial charge in [0.05, 0.1) is 5.69 Å². The highest BCUT2D eigenvalue weighted by Gasteiger charge is 2.06. The van der Waals surface area contributed by atoms with Crippen LogP contribution in [0.25, 0.3) is 10.8 Å². The molecule has 2 nitrogen and oxygen atoms in total. The summed E-state index contributed by atoms with van der Waals surface area (Å²) in [6.07, 6.45) is 7.16. The highest BCUT2D eigenvalue weighted by Crippen LogP contribution is 2.27. The Kier molecular flexibility index (Phi) is 4.40. The molecule has 0 N–H and O–H groups in total. The number of hydrogen-bond acceptors (Lipinski definition) is 2. The zero-order chi connectivity index (χ0) is 16.1. The Morgan fingerprint density at radius 3 is 2.61 bits per heavy atom. The molecule has 0 saturated heterocycles. The summed E-state index contributed by atoms with van der Waals surface area (Å²) >= 11 is 0. The lowest BCUT2D eigenvalue weighted by Crippen LogP contribution is -1.98. The third-order valence-electron chi connectivity index (χ3n) is 3.62. The molecule has 0 aliphatic carbocycles. The highest BCUT2D eigenvalue weighted by atomic mass is 16.5. The summed E-state index contributed by atoms with van der Waals surface area (Å²) in [5.41, 5.74) is 3.07. The average molecular weight is 299 g/mol. The van der Waals surface area contributed by atoms with Gasteiger partial charge in [0.15, 0.2) is 0 Å². The molecule has 0 spiro atoms. The maximum absolute atomic E-state index is 5.67. The number of ether oxygens (including phenoxy) is 1. The quantitative estimate of drug-likeness (QED) is 0.495. The molecular formula is C21H17NO. The van der Waals surface area contributed by atoms with Gasteiger partial charge in [-0.3, -0.25) is 4.99 Å². The van der Waals surface area contributed by atoms with Crippen molar-refractivity contribution in [3.63, 3.8) is 0 Å². The number of fused-ring (bicyclic) bond motifs is 1. The van der Waals surface area contributed by atoms with Gasteiger partial charge in [0.1, 0.15) is 12.4 Å². The third-order valence-corrected chi connectivity index (χ3v) is 3.62. The molecule has 3 rings (SSSR count). The Morgan fingerprint density at radius 1 is 1.04 bits per heavy atom. The molecule has 0 bridgehead atoms. The Morgan fingerprint density at radius 2 is 1.83 bits per heavy atom. The van der Waals surface area contributed by atoms with E-state index in [2.05, 4.69) is 30.0 Å². The van der Waals surface area contributed by atoms with Gasteiger partial charge in [-0.25, -0.2) is 0 Å². The van der Waals surface area contributed by atoms with E-state index in [-0.39, 0.29) is 6.61 Å². The smallest absolute Gasteiger partial charge is 0.148 e. The second-order valence-electron chi connectivity index (χ2n) is 5.29. The molecule has 3 aromatic rings. The van der Waals surface area contributed by atoms with Crippen LogP contribution in [-0.2, 0) is 0 Å². The highest BCUT2D eigenvalue weighted by molar-refractivity contribution is 6.03. The maximum atomic E-state index is 5.67. The number of aryl methyl sites for hydroxylation is 1. The van der Waals surface area contributed by atoms with Crippen LogP contribution in [0.1, 0.15) is 11.1 Å². The molecule has 0 amide bonds. The normalized spacial score (nSPS) is 10.8. The van der Waals surface area contributed by atoms with Crippen molar-refractivity contribution >= 4 is 22.7 Å². The Hall–Kier alpha value is -3.05. The second kappa shape index (κ2) is 6.81. The minimum absolute atomic E-state index is 0.240. The molecule has 2 heteroatoms. The zero-order valence-electron chi connectivity index (χ0n) is 13.0. The largest absolute Gasteiger partial charge is 0.480 e. The van der Waals surface area contributed by atoms with Gasteiger partial charge in [-0.1, -0.05) is 53.9 Å². The minimum atomic E-state index is 0.240. The summed E-state index contributed by atoms with van der Waals surface area (Å²) in [4.78, 5) is 4.58. The van der Waals surface area contributed by atoms with Crippen molar-refractivity contribution in [3.05, 3.63) is 71.8 Å². The molecule has 0 aromatic heterocycles. The molecule has 0 heterocycles. The van der Waals surface area contributed by atoms with Crippen molar-refractivity contribution in [2.24, 2.45) is 4.99 Å². The fourth-order valence-corrected chi connectivity index (χ4v) is 2.42. The van der Waals surface area contributed by atoms with Crippen LogP contribution < -0.4 is 4.74 Å². The van der Waals surface area contributed by atoms with Crippen LogP contribution in [0.2, 0.25) is 0 Å². The second-order valence-corrected chi connectivity index (χ2v) is 5.29. The first-order valence-electron chi connectivity index (χ1n) is 7.46. The van der Waals surface area contributed by atoms with E-state index in [1.54, 1.807) is 0 Å². The lowest BCUT2D eigenvalue weighted by atomic mass is 10.0. The molecular weight excluding hydrogens is 282 g/mol. The minimum Gasteiger partial charge on any atom is -0.480 e. The van der Waals surface area contributed by atoms with E-state index >= 15 is 0 Å². The van der Waals surface area contributed by atoms with Gasteiger partial charge in [-0.15, -0.1) is 6.42 Å². The van der Waals surface area contributed by atoms with Crippen molar-refractivity contribution in [3.8, 4) is 18.1 Å². The predicted octanol–water partition coefficient (Wildman–Crippen LogP) is 4.91. The van der Waals surface area contributed by atoms with Gasteiger partial charge in [-0.05, 0) is 35.9 Å². The fraction of sp³-hybridized carbons (Fsp3) is 0.0952. The zero-order valence-corrected chi connectivity index (χ0v) is 13.0. The van der Waals surface area contributed by atoms with Crippen molar-refractivity contribution in [2.75, 3.05) is 6.61 Å². The lowest BCUT2D eigenvalue weighted by Gasteiger charge is -2.09. The van der Waals surface area contributed by atoms with Gasteiger partial charge < -0.3 is 4.74 Å². The monoisotopic (exact) mass is 299 g/mol. The van der Waals surface area contributed by atoms with E-state index in [9.17, 15) is 0 Å². The van der Waals surface area contributed by atoms with Crippen molar-refractivity contribution < 1.29 is 4.74 Å². The molecule has 0 radical (unpaired) electrons. The van der Waals surface area contributed by atoms with E-state index in [4.69, 9.17) is 11.2 Å². The number of aliphatic imine (C=N–C) groups is 1. The van der Waals surface area contributed by atoms with E-state index in [1.165, 1.54) is 5.56 Å². The van der Waals surface area contributed by atoms with Crippen LogP contribution in [-0.4, -0.2) is 12.8 Å². The number of rotatable bonds is 4. The van der Waals surface area contributed by atoms with E-state index < -0.39 is 0 Å². The van der Waals surface area contributed by atoms with Crippen molar-refractivity contribution in [2.45, 2.75) is 6.92 Å². The summed E-state index contributed by atoms with van der Waals surface area (Å²) in [6.45, 7) is 2.30. The first kappa shape index (κ1) is 14.9. The van der Waals surface area contributed by atoms with Gasteiger partial charge in [-0.2, -0.15) is 0 Å². The average Bonchev–Trinajstić information content (AvgIpc) is 2.59. The number of hydrogen-bond donors (Lipinski definition) is 0. The summed E-state index contributed by atoms with van der Waals surface area (Å²) in [7, 11) is 0. The number of terminal acetylenes is 1. The summed E-state index contributed by atoms with van der Waals surface area (Å²) in [5.74, 6) is 3.25. The number of benzene rings is 3. The number of nitrogens with zero attached hydrogens (tertiary/aromatic N) is 1. The van der Waals surface area contributed by atoms with Crippen LogP contribution in [0.5, 0.6) is 5.75 Å². The molecule has 23 heavy (non-hydrogen) atoms. The predicted molar refractivity (Wildman–Crippen MR) is 96.7 cm³/mol. The van der Waals surface area contributed by atoms with E-state index in [0.29, 0.717) is 0 Å².